The predicted octanol–water partition coefficient (Wildman–Crippen LogP) is 2.99. The molecule has 4 aromatic rings. The fourth-order valence-electron chi connectivity index (χ4n) is 3.82. The maximum atomic E-state index is 13.5. The van der Waals surface area contributed by atoms with Gasteiger partial charge in [0.05, 0.1) is 30.7 Å². The molecule has 3 heterocycles. The minimum Gasteiger partial charge on any atom is -0.494 e. The predicted molar refractivity (Wildman–Crippen MR) is 129 cm³/mol. The number of carbonyl (C=O) groups excluding carboxylic acids is 1. The first-order valence-corrected chi connectivity index (χ1v) is 11.2. The lowest BCUT2D eigenvalue weighted by Crippen LogP contribution is -2.40. The molecule has 0 atom stereocenters. The molecule has 0 N–H and O–H groups in total. The zero-order valence-corrected chi connectivity index (χ0v) is 20.2. The Kier molecular flexibility index (Phi) is 6.54. The summed E-state index contributed by atoms with van der Waals surface area (Å²) in [5.74, 6) is 0.902. The molecule has 0 aliphatic rings. The van der Waals surface area contributed by atoms with Gasteiger partial charge in [0.25, 0.3) is 5.56 Å². The molecule has 0 saturated carbocycles. The van der Waals surface area contributed by atoms with Crippen LogP contribution in [0.15, 0.2) is 44.3 Å². The molecular weight excluding hydrogens is 452 g/mol. The lowest BCUT2D eigenvalue weighted by atomic mass is 10.1. The highest BCUT2D eigenvalue weighted by molar-refractivity contribution is 6.02. The van der Waals surface area contributed by atoms with E-state index in [1.54, 1.807) is 20.8 Å². The van der Waals surface area contributed by atoms with Crippen molar-refractivity contribution in [2.75, 3.05) is 13.2 Å². The Morgan fingerprint density at radius 2 is 1.77 bits per heavy atom. The van der Waals surface area contributed by atoms with E-state index in [-0.39, 0.29) is 29.7 Å². The molecule has 0 aliphatic heterocycles. The highest BCUT2D eigenvalue weighted by Gasteiger charge is 2.22. The lowest BCUT2D eigenvalue weighted by molar-refractivity contribution is 0.0528. The maximum Gasteiger partial charge on any atom is 0.339 e. The molecule has 0 aliphatic carbocycles. The molecule has 0 bridgehead atoms. The van der Waals surface area contributed by atoms with E-state index in [0.29, 0.717) is 29.6 Å². The summed E-state index contributed by atoms with van der Waals surface area (Å²) in [6, 6.07) is 8.75. The van der Waals surface area contributed by atoms with Crippen molar-refractivity contribution in [2.45, 2.75) is 34.2 Å². The van der Waals surface area contributed by atoms with Crippen molar-refractivity contribution in [2.24, 2.45) is 7.05 Å². The Balaban J connectivity index is 1.81. The number of benzene rings is 1. The van der Waals surface area contributed by atoms with Crippen LogP contribution < -0.4 is 16.0 Å². The number of hydrogen-bond acceptors (Lipinski definition) is 8. The number of fused-ring (bicyclic) bond motifs is 1. The van der Waals surface area contributed by atoms with Crippen LogP contribution in [-0.2, 0) is 18.3 Å². The van der Waals surface area contributed by atoms with Gasteiger partial charge in [-0.25, -0.2) is 19.6 Å². The van der Waals surface area contributed by atoms with Gasteiger partial charge in [0.15, 0.2) is 0 Å². The summed E-state index contributed by atoms with van der Waals surface area (Å²) in [5.41, 5.74) is 0.585. The highest BCUT2D eigenvalue weighted by atomic mass is 16.5. The summed E-state index contributed by atoms with van der Waals surface area (Å²) in [4.78, 5) is 48.0. The third kappa shape index (κ3) is 4.46. The molecule has 35 heavy (non-hydrogen) atoms. The average Bonchev–Trinajstić information content (AvgIpc) is 3.20. The zero-order chi connectivity index (χ0) is 25.3. The number of carbonyl (C=O) groups is 1. The summed E-state index contributed by atoms with van der Waals surface area (Å²) in [7, 11) is 1.50. The molecule has 0 unspecified atom stereocenters. The van der Waals surface area contributed by atoms with E-state index < -0.39 is 17.2 Å². The van der Waals surface area contributed by atoms with E-state index in [0.717, 1.165) is 15.9 Å². The molecule has 3 aromatic heterocycles. The summed E-state index contributed by atoms with van der Waals surface area (Å²) >= 11 is 0. The molecule has 0 saturated heterocycles. The van der Waals surface area contributed by atoms with E-state index in [1.807, 2.05) is 31.2 Å². The van der Waals surface area contributed by atoms with Crippen molar-refractivity contribution in [1.29, 1.82) is 0 Å². The van der Waals surface area contributed by atoms with Crippen LogP contribution in [0.5, 0.6) is 5.75 Å². The smallest absolute Gasteiger partial charge is 0.339 e. The SMILES string of the molecule is CCOC(=O)c1cc(C)nc2c1c(=O)n(Cc1nc(-c3ccc(OCC)cc3)oc1C)c(=O)n2C. The number of rotatable bonds is 7. The Morgan fingerprint density at radius 1 is 1.06 bits per heavy atom. The standard InChI is InChI=1S/C25H26N4O6/c1-6-33-17-10-8-16(9-11-17)22-27-19(15(4)35-22)13-29-23(30)20-18(24(31)34-7-2)12-14(3)26-21(20)28(5)25(29)32/h8-12H,6-7,13H2,1-5H3. The van der Waals surface area contributed by atoms with Crippen LogP contribution in [0.4, 0.5) is 0 Å². The van der Waals surface area contributed by atoms with Gasteiger partial charge in [-0.05, 0) is 58.0 Å². The lowest BCUT2D eigenvalue weighted by Gasteiger charge is -2.12. The van der Waals surface area contributed by atoms with Gasteiger partial charge in [-0.3, -0.25) is 13.9 Å². The molecule has 0 radical (unpaired) electrons. The van der Waals surface area contributed by atoms with E-state index in [4.69, 9.17) is 13.9 Å². The van der Waals surface area contributed by atoms with Gasteiger partial charge in [-0.2, -0.15) is 0 Å². The highest BCUT2D eigenvalue weighted by Crippen LogP contribution is 2.24. The molecule has 1 aromatic carbocycles. The van der Waals surface area contributed by atoms with Crippen LogP contribution in [0, 0.1) is 13.8 Å². The van der Waals surface area contributed by atoms with Crippen molar-refractivity contribution in [3.63, 3.8) is 0 Å². The minimum atomic E-state index is -0.652. The first kappa shape index (κ1) is 23.9. The van der Waals surface area contributed by atoms with E-state index >= 15 is 0 Å². The van der Waals surface area contributed by atoms with Crippen LogP contribution in [0.25, 0.3) is 22.5 Å². The van der Waals surface area contributed by atoms with Crippen LogP contribution >= 0.6 is 0 Å². The first-order chi connectivity index (χ1) is 16.7. The topological polar surface area (TPSA) is 118 Å². The number of hydrogen-bond donors (Lipinski definition) is 0. The van der Waals surface area contributed by atoms with Crippen molar-refractivity contribution in [1.82, 2.24) is 19.1 Å². The van der Waals surface area contributed by atoms with Crippen molar-refractivity contribution >= 4 is 17.0 Å². The van der Waals surface area contributed by atoms with Crippen molar-refractivity contribution in [3.8, 4) is 17.2 Å². The van der Waals surface area contributed by atoms with Gasteiger partial charge in [0, 0.05) is 18.3 Å². The van der Waals surface area contributed by atoms with E-state index in [2.05, 4.69) is 9.97 Å². The fraction of sp³-hybridized carbons (Fsp3) is 0.320. The first-order valence-electron chi connectivity index (χ1n) is 11.2. The van der Waals surface area contributed by atoms with Crippen LogP contribution in [0.1, 0.15) is 41.4 Å². The molecule has 4 rings (SSSR count). The van der Waals surface area contributed by atoms with Crippen molar-refractivity contribution in [3.05, 3.63) is 73.9 Å². The third-order valence-corrected chi connectivity index (χ3v) is 5.53. The number of ether oxygens (including phenoxy) is 2. The molecule has 0 spiro atoms. The quantitative estimate of drug-likeness (QED) is 0.372. The van der Waals surface area contributed by atoms with Crippen LogP contribution in [0.3, 0.4) is 0 Å². The Labute approximate surface area is 200 Å². The molecule has 10 heteroatoms. The average molecular weight is 479 g/mol. The van der Waals surface area contributed by atoms with Gasteiger partial charge < -0.3 is 13.9 Å². The Bertz CT molecular complexity index is 1530. The monoisotopic (exact) mass is 478 g/mol. The number of aromatic nitrogens is 4. The van der Waals surface area contributed by atoms with E-state index in [1.165, 1.54) is 17.7 Å². The van der Waals surface area contributed by atoms with Crippen molar-refractivity contribution < 1.29 is 18.7 Å². The Morgan fingerprint density at radius 3 is 2.43 bits per heavy atom. The molecule has 182 valence electrons. The molecule has 0 fully saturated rings. The second-order valence-corrected chi connectivity index (χ2v) is 7.94. The van der Waals surface area contributed by atoms with Gasteiger partial charge in [-0.15, -0.1) is 0 Å². The number of oxazole rings is 1. The van der Waals surface area contributed by atoms with Gasteiger partial charge in [0.2, 0.25) is 5.89 Å². The normalized spacial score (nSPS) is 11.1. The van der Waals surface area contributed by atoms with Gasteiger partial charge in [-0.1, -0.05) is 0 Å². The van der Waals surface area contributed by atoms with Gasteiger partial charge >= 0.3 is 11.7 Å². The maximum absolute atomic E-state index is 13.5. The summed E-state index contributed by atoms with van der Waals surface area (Å²) in [6.07, 6.45) is 0. The molecular formula is C25H26N4O6. The van der Waals surface area contributed by atoms with Gasteiger partial charge in [0.1, 0.15) is 22.9 Å². The van der Waals surface area contributed by atoms with Crippen LogP contribution in [0.2, 0.25) is 0 Å². The number of esters is 1. The second kappa shape index (κ2) is 9.57. The van der Waals surface area contributed by atoms with Crippen LogP contribution in [-0.4, -0.2) is 38.3 Å². The minimum absolute atomic E-state index is 0.0176. The number of pyridine rings is 1. The largest absolute Gasteiger partial charge is 0.494 e. The summed E-state index contributed by atoms with van der Waals surface area (Å²) in [6.45, 7) is 7.55. The Hall–Kier alpha value is -4.21. The summed E-state index contributed by atoms with van der Waals surface area (Å²) in [5, 5.41) is 0.0176. The number of nitrogens with zero attached hydrogens (tertiary/aromatic N) is 4. The number of aryl methyl sites for hydroxylation is 3. The second-order valence-electron chi connectivity index (χ2n) is 7.94. The fourth-order valence-corrected chi connectivity index (χ4v) is 3.82. The zero-order valence-electron chi connectivity index (χ0n) is 20.2. The van der Waals surface area contributed by atoms with E-state index in [9.17, 15) is 14.4 Å². The third-order valence-electron chi connectivity index (χ3n) is 5.53. The summed E-state index contributed by atoms with van der Waals surface area (Å²) < 4.78 is 18.7. The molecule has 10 nitrogen and oxygen atoms in total. The molecule has 0 amide bonds.